The summed E-state index contributed by atoms with van der Waals surface area (Å²) in [6.07, 6.45) is 0. The Morgan fingerprint density at radius 1 is 0.579 bits per heavy atom. The van der Waals surface area contributed by atoms with Gasteiger partial charge in [0.25, 0.3) is 0 Å². The molecule has 90 valence electrons. The highest BCUT2D eigenvalue weighted by Crippen LogP contribution is 2.44. The summed E-state index contributed by atoms with van der Waals surface area (Å²) < 4.78 is 5.69. The lowest BCUT2D eigenvalue weighted by Gasteiger charge is -1.96. The second-order valence-corrected chi connectivity index (χ2v) is 7.57. The molecule has 0 spiro atoms. The molecule has 3 heterocycles. The molecular weight excluding hydrogens is 288 g/mol. The van der Waals surface area contributed by atoms with Crippen molar-refractivity contribution in [3.05, 3.63) is 47.2 Å². The van der Waals surface area contributed by atoms with E-state index in [1.54, 1.807) is 0 Å². The molecule has 0 amide bonds. The van der Waals surface area contributed by atoms with Gasteiger partial charge in [-0.15, -0.1) is 34.0 Å². The minimum atomic E-state index is 1.37. The van der Waals surface area contributed by atoms with E-state index in [4.69, 9.17) is 0 Å². The molecule has 0 radical (unpaired) electrons. The summed E-state index contributed by atoms with van der Waals surface area (Å²) in [5.41, 5.74) is 0. The molecule has 0 aliphatic rings. The van der Waals surface area contributed by atoms with Gasteiger partial charge in [-0.2, -0.15) is 0 Å². The third-order valence-electron chi connectivity index (χ3n) is 3.64. The lowest BCUT2D eigenvalue weighted by atomic mass is 10.1. The zero-order valence-corrected chi connectivity index (χ0v) is 12.3. The Hall–Kier alpha value is -1.42. The van der Waals surface area contributed by atoms with Gasteiger partial charge in [0.15, 0.2) is 0 Å². The molecule has 5 aromatic rings. The molecule has 0 saturated heterocycles. The van der Waals surface area contributed by atoms with Crippen molar-refractivity contribution in [2.75, 3.05) is 0 Å². The first kappa shape index (κ1) is 10.4. The minimum Gasteiger partial charge on any atom is -0.143 e. The third kappa shape index (κ3) is 1.27. The van der Waals surface area contributed by atoms with E-state index in [1.807, 2.05) is 34.0 Å². The molecule has 0 saturated carbocycles. The number of rotatable bonds is 0. The number of hydrogen-bond donors (Lipinski definition) is 0. The molecule has 3 aromatic heterocycles. The average Bonchev–Trinajstić information content (AvgIpc) is 3.13. The molecule has 0 aliphatic heterocycles. The van der Waals surface area contributed by atoms with Crippen LogP contribution in [0.5, 0.6) is 0 Å². The summed E-state index contributed by atoms with van der Waals surface area (Å²) in [7, 11) is 0. The van der Waals surface area contributed by atoms with Crippen LogP contribution in [0.25, 0.3) is 40.3 Å². The van der Waals surface area contributed by atoms with Gasteiger partial charge in [-0.25, -0.2) is 0 Å². The van der Waals surface area contributed by atoms with Gasteiger partial charge < -0.3 is 0 Å². The van der Waals surface area contributed by atoms with Crippen molar-refractivity contribution in [3.63, 3.8) is 0 Å². The molecule has 0 N–H and O–H groups in total. The average molecular weight is 296 g/mol. The topological polar surface area (TPSA) is 0 Å². The molecule has 3 heteroatoms. The SMILES string of the molecule is c1cc2ccc3sc4ccc5ccsc5c4c3c2s1. The van der Waals surface area contributed by atoms with E-state index in [1.165, 1.54) is 40.3 Å². The number of thiophene rings is 3. The van der Waals surface area contributed by atoms with Crippen molar-refractivity contribution in [2.24, 2.45) is 0 Å². The zero-order chi connectivity index (χ0) is 12.4. The zero-order valence-electron chi connectivity index (χ0n) is 9.84. The van der Waals surface area contributed by atoms with E-state index in [2.05, 4.69) is 47.2 Å². The largest absolute Gasteiger partial charge is 0.143 e. The summed E-state index contributed by atoms with van der Waals surface area (Å²) in [6, 6.07) is 13.5. The van der Waals surface area contributed by atoms with Crippen LogP contribution in [0.1, 0.15) is 0 Å². The number of benzene rings is 2. The van der Waals surface area contributed by atoms with Crippen LogP contribution in [0, 0.1) is 0 Å². The Morgan fingerprint density at radius 3 is 1.63 bits per heavy atom. The van der Waals surface area contributed by atoms with Crippen molar-refractivity contribution in [1.82, 2.24) is 0 Å². The van der Waals surface area contributed by atoms with Crippen LogP contribution in [-0.4, -0.2) is 0 Å². The van der Waals surface area contributed by atoms with E-state index in [-0.39, 0.29) is 0 Å². The quantitative estimate of drug-likeness (QED) is 0.306. The highest BCUT2D eigenvalue weighted by molar-refractivity contribution is 7.28. The monoisotopic (exact) mass is 296 g/mol. The van der Waals surface area contributed by atoms with Crippen molar-refractivity contribution in [2.45, 2.75) is 0 Å². The Morgan fingerprint density at radius 2 is 1.11 bits per heavy atom. The molecule has 19 heavy (non-hydrogen) atoms. The number of hydrogen-bond acceptors (Lipinski definition) is 3. The fraction of sp³-hybridized carbons (Fsp3) is 0. The second kappa shape index (κ2) is 3.57. The maximum Gasteiger partial charge on any atom is 0.0436 e. The standard InChI is InChI=1S/C16H8S3/c1-3-11-13(15-9(1)5-7-17-15)14-12(19-11)4-2-10-6-8-18-16(10)14/h1-8H. The van der Waals surface area contributed by atoms with E-state index < -0.39 is 0 Å². The molecule has 5 rings (SSSR count). The van der Waals surface area contributed by atoms with E-state index in [0.717, 1.165) is 0 Å². The molecule has 0 nitrogen and oxygen atoms in total. The van der Waals surface area contributed by atoms with Gasteiger partial charge >= 0.3 is 0 Å². The fourth-order valence-corrected chi connectivity index (χ4v) is 5.95. The minimum absolute atomic E-state index is 1.37. The van der Waals surface area contributed by atoms with E-state index in [0.29, 0.717) is 0 Å². The van der Waals surface area contributed by atoms with Crippen LogP contribution in [0.2, 0.25) is 0 Å². The van der Waals surface area contributed by atoms with Gasteiger partial charge in [0.05, 0.1) is 0 Å². The predicted octanol–water partition coefficient (Wildman–Crippen LogP) is 6.48. The second-order valence-electron chi connectivity index (χ2n) is 4.66. The highest BCUT2D eigenvalue weighted by Gasteiger charge is 2.12. The smallest absolute Gasteiger partial charge is 0.0436 e. The van der Waals surface area contributed by atoms with E-state index in [9.17, 15) is 0 Å². The molecule has 0 fully saturated rings. The van der Waals surface area contributed by atoms with E-state index >= 15 is 0 Å². The lowest BCUT2D eigenvalue weighted by molar-refractivity contribution is 2.00. The third-order valence-corrected chi connectivity index (χ3v) is 6.65. The van der Waals surface area contributed by atoms with Crippen molar-refractivity contribution < 1.29 is 0 Å². The van der Waals surface area contributed by atoms with Crippen LogP contribution in [0.3, 0.4) is 0 Å². The van der Waals surface area contributed by atoms with Crippen molar-refractivity contribution in [3.8, 4) is 0 Å². The van der Waals surface area contributed by atoms with Gasteiger partial charge in [0.2, 0.25) is 0 Å². The first-order valence-electron chi connectivity index (χ1n) is 6.10. The molecule has 2 aromatic carbocycles. The Balaban J connectivity index is 2.23. The summed E-state index contributed by atoms with van der Waals surface area (Å²) in [6.45, 7) is 0. The lowest BCUT2D eigenvalue weighted by Crippen LogP contribution is -1.68. The van der Waals surface area contributed by atoms with Gasteiger partial charge in [-0.1, -0.05) is 12.1 Å². The van der Waals surface area contributed by atoms with Crippen LogP contribution >= 0.6 is 34.0 Å². The molecule has 0 aliphatic carbocycles. The maximum absolute atomic E-state index is 2.27. The first-order chi connectivity index (χ1) is 9.42. The summed E-state index contributed by atoms with van der Waals surface area (Å²) in [4.78, 5) is 0. The maximum atomic E-state index is 2.27. The van der Waals surface area contributed by atoms with Gasteiger partial charge in [0, 0.05) is 29.6 Å². The summed E-state index contributed by atoms with van der Waals surface area (Å²) in [5.74, 6) is 0. The molecule has 0 atom stereocenters. The Labute approximate surface area is 121 Å². The van der Waals surface area contributed by atoms with Crippen LogP contribution in [0.15, 0.2) is 47.2 Å². The van der Waals surface area contributed by atoms with Crippen molar-refractivity contribution >= 4 is 74.4 Å². The Bertz CT molecular complexity index is 974. The van der Waals surface area contributed by atoms with Crippen LogP contribution < -0.4 is 0 Å². The predicted molar refractivity (Wildman–Crippen MR) is 90.1 cm³/mol. The van der Waals surface area contributed by atoms with Crippen molar-refractivity contribution in [1.29, 1.82) is 0 Å². The van der Waals surface area contributed by atoms with Gasteiger partial charge in [-0.3, -0.25) is 0 Å². The highest BCUT2D eigenvalue weighted by atomic mass is 32.1. The van der Waals surface area contributed by atoms with Gasteiger partial charge in [-0.05, 0) is 45.8 Å². The Kier molecular flexibility index (Phi) is 1.95. The fourth-order valence-electron chi connectivity index (χ4n) is 2.79. The first-order valence-corrected chi connectivity index (χ1v) is 8.68. The van der Waals surface area contributed by atoms with Crippen LogP contribution in [-0.2, 0) is 0 Å². The normalized spacial score (nSPS) is 12.2. The van der Waals surface area contributed by atoms with Gasteiger partial charge in [0.1, 0.15) is 0 Å². The summed E-state index contributed by atoms with van der Waals surface area (Å²) >= 11 is 5.63. The van der Waals surface area contributed by atoms with Crippen LogP contribution in [0.4, 0.5) is 0 Å². The number of fused-ring (bicyclic) bond motifs is 7. The molecular formula is C16H8S3. The molecule has 0 unspecified atom stereocenters. The molecule has 0 bridgehead atoms. The summed E-state index contributed by atoms with van der Waals surface area (Å²) in [5, 5.41) is 10.0.